The van der Waals surface area contributed by atoms with Gasteiger partial charge in [-0.25, -0.2) is 9.97 Å². The Kier molecular flexibility index (Phi) is 5.25. The Balaban J connectivity index is 1.74. The number of pyridine rings is 1. The summed E-state index contributed by atoms with van der Waals surface area (Å²) in [7, 11) is 3.47. The number of nitrogens with zero attached hydrogens (tertiary/aromatic N) is 4. The molecule has 3 rings (SSSR count). The van der Waals surface area contributed by atoms with Crippen molar-refractivity contribution in [2.75, 3.05) is 25.7 Å². The van der Waals surface area contributed by atoms with E-state index in [9.17, 15) is 0 Å². The number of hydrogen-bond acceptors (Lipinski definition) is 6. The zero-order chi connectivity index (χ0) is 16.8. The second kappa shape index (κ2) is 7.57. The number of ether oxygens (including phenoxy) is 2. The van der Waals surface area contributed by atoms with Gasteiger partial charge in [0.25, 0.3) is 0 Å². The first-order valence-electron chi connectivity index (χ1n) is 8.31. The quantitative estimate of drug-likeness (QED) is 0.742. The normalized spacial score (nSPS) is 15.6. The van der Waals surface area contributed by atoms with Crippen molar-refractivity contribution in [2.45, 2.75) is 37.8 Å². The van der Waals surface area contributed by atoms with Gasteiger partial charge in [-0.2, -0.15) is 0 Å². The molecule has 2 aromatic rings. The Morgan fingerprint density at radius 3 is 2.54 bits per heavy atom. The molecular formula is C18H24N4O2. The molecule has 0 bridgehead atoms. The van der Waals surface area contributed by atoms with E-state index in [4.69, 9.17) is 9.47 Å². The molecule has 0 saturated heterocycles. The third-order valence-corrected chi connectivity index (χ3v) is 4.75. The first-order chi connectivity index (χ1) is 11.7. The van der Waals surface area contributed by atoms with Crippen LogP contribution >= 0.6 is 0 Å². The minimum atomic E-state index is 0.0227. The SMILES string of the molecule is COc1ccnc(CN(CCC2(OC)CCC2)c2ncccn2)c1. The van der Waals surface area contributed by atoms with Gasteiger partial charge in [-0.3, -0.25) is 4.98 Å². The highest BCUT2D eigenvalue weighted by atomic mass is 16.5. The van der Waals surface area contributed by atoms with Crippen molar-refractivity contribution in [1.29, 1.82) is 0 Å². The van der Waals surface area contributed by atoms with Gasteiger partial charge in [-0.15, -0.1) is 0 Å². The largest absolute Gasteiger partial charge is 0.497 e. The predicted molar refractivity (Wildman–Crippen MR) is 92.1 cm³/mol. The maximum absolute atomic E-state index is 5.74. The predicted octanol–water partition coefficient (Wildman–Crippen LogP) is 2.85. The fraction of sp³-hybridized carbons (Fsp3) is 0.500. The zero-order valence-corrected chi connectivity index (χ0v) is 14.3. The lowest BCUT2D eigenvalue weighted by atomic mass is 9.77. The van der Waals surface area contributed by atoms with Crippen LogP contribution in [0.15, 0.2) is 36.8 Å². The molecule has 2 aromatic heterocycles. The lowest BCUT2D eigenvalue weighted by Gasteiger charge is -2.41. The van der Waals surface area contributed by atoms with Crippen molar-refractivity contribution >= 4 is 5.95 Å². The van der Waals surface area contributed by atoms with Crippen LogP contribution in [-0.4, -0.2) is 41.3 Å². The highest BCUT2D eigenvalue weighted by Crippen LogP contribution is 2.38. The summed E-state index contributed by atoms with van der Waals surface area (Å²) in [5.74, 6) is 1.52. The van der Waals surface area contributed by atoms with Crippen molar-refractivity contribution in [3.05, 3.63) is 42.5 Å². The average Bonchev–Trinajstić information content (AvgIpc) is 2.61. The Labute approximate surface area is 142 Å². The third kappa shape index (κ3) is 3.82. The molecule has 0 aromatic carbocycles. The zero-order valence-electron chi connectivity index (χ0n) is 14.3. The number of aromatic nitrogens is 3. The van der Waals surface area contributed by atoms with Gasteiger partial charge < -0.3 is 14.4 Å². The van der Waals surface area contributed by atoms with Crippen molar-refractivity contribution in [2.24, 2.45) is 0 Å². The molecule has 0 N–H and O–H groups in total. The fourth-order valence-electron chi connectivity index (χ4n) is 3.04. The van der Waals surface area contributed by atoms with Crippen LogP contribution in [0.4, 0.5) is 5.95 Å². The molecule has 24 heavy (non-hydrogen) atoms. The van der Waals surface area contributed by atoms with Gasteiger partial charge in [0.1, 0.15) is 5.75 Å². The first kappa shape index (κ1) is 16.6. The van der Waals surface area contributed by atoms with E-state index in [-0.39, 0.29) is 5.60 Å². The molecule has 0 aliphatic heterocycles. The van der Waals surface area contributed by atoms with Crippen LogP contribution < -0.4 is 9.64 Å². The second-order valence-corrected chi connectivity index (χ2v) is 6.15. The monoisotopic (exact) mass is 328 g/mol. The Morgan fingerprint density at radius 2 is 1.92 bits per heavy atom. The van der Waals surface area contributed by atoms with E-state index in [2.05, 4.69) is 19.9 Å². The van der Waals surface area contributed by atoms with Crippen molar-refractivity contribution < 1.29 is 9.47 Å². The molecule has 128 valence electrons. The van der Waals surface area contributed by atoms with Crippen LogP contribution in [-0.2, 0) is 11.3 Å². The van der Waals surface area contributed by atoms with E-state index < -0.39 is 0 Å². The van der Waals surface area contributed by atoms with Crippen LogP contribution in [0.5, 0.6) is 5.75 Å². The standard InChI is InChI=1S/C18H24N4O2/c1-23-16-5-11-19-15(13-16)14-22(17-20-9-4-10-21-17)12-8-18(24-2)6-3-7-18/h4-5,9-11,13H,3,6-8,12,14H2,1-2H3. The Morgan fingerprint density at radius 1 is 1.12 bits per heavy atom. The molecule has 0 atom stereocenters. The van der Waals surface area contributed by atoms with E-state index in [0.717, 1.165) is 37.3 Å². The number of anilines is 1. The van der Waals surface area contributed by atoms with Crippen LogP contribution in [0, 0.1) is 0 Å². The van der Waals surface area contributed by atoms with Gasteiger partial charge >= 0.3 is 0 Å². The van der Waals surface area contributed by atoms with E-state index in [1.807, 2.05) is 25.3 Å². The number of methoxy groups -OCH3 is 2. The van der Waals surface area contributed by atoms with E-state index in [0.29, 0.717) is 12.5 Å². The number of hydrogen-bond donors (Lipinski definition) is 0. The van der Waals surface area contributed by atoms with Gasteiger partial charge in [-0.05, 0) is 37.8 Å². The average molecular weight is 328 g/mol. The molecule has 6 nitrogen and oxygen atoms in total. The number of rotatable bonds is 8. The van der Waals surface area contributed by atoms with Crippen LogP contribution in [0.25, 0.3) is 0 Å². The highest BCUT2D eigenvalue weighted by molar-refractivity contribution is 5.32. The molecule has 0 amide bonds. The lowest BCUT2D eigenvalue weighted by molar-refractivity contribution is -0.0758. The molecule has 0 spiro atoms. The molecule has 0 unspecified atom stereocenters. The Bertz CT molecular complexity index is 641. The summed E-state index contributed by atoms with van der Waals surface area (Å²) < 4.78 is 11.0. The highest BCUT2D eigenvalue weighted by Gasteiger charge is 2.37. The Hall–Kier alpha value is -2.21. The van der Waals surface area contributed by atoms with E-state index in [1.54, 1.807) is 25.7 Å². The maximum atomic E-state index is 5.74. The van der Waals surface area contributed by atoms with E-state index in [1.165, 1.54) is 6.42 Å². The van der Waals surface area contributed by atoms with Crippen molar-refractivity contribution in [1.82, 2.24) is 15.0 Å². The maximum Gasteiger partial charge on any atom is 0.225 e. The van der Waals surface area contributed by atoms with Gasteiger partial charge in [0.05, 0.1) is 24.9 Å². The van der Waals surface area contributed by atoms with Gasteiger partial charge in [-0.1, -0.05) is 0 Å². The smallest absolute Gasteiger partial charge is 0.225 e. The second-order valence-electron chi connectivity index (χ2n) is 6.15. The van der Waals surface area contributed by atoms with Gasteiger partial charge in [0.15, 0.2) is 0 Å². The topological polar surface area (TPSA) is 60.4 Å². The molecule has 2 heterocycles. The van der Waals surface area contributed by atoms with Crippen LogP contribution in [0.2, 0.25) is 0 Å². The summed E-state index contributed by atoms with van der Waals surface area (Å²) in [4.78, 5) is 15.4. The summed E-state index contributed by atoms with van der Waals surface area (Å²) >= 11 is 0. The molecular weight excluding hydrogens is 304 g/mol. The van der Waals surface area contributed by atoms with Crippen molar-refractivity contribution in [3.63, 3.8) is 0 Å². The lowest BCUT2D eigenvalue weighted by Crippen LogP contribution is -2.42. The fourth-order valence-corrected chi connectivity index (χ4v) is 3.04. The molecule has 1 saturated carbocycles. The van der Waals surface area contributed by atoms with Gasteiger partial charge in [0.2, 0.25) is 5.95 Å². The molecule has 6 heteroatoms. The first-order valence-corrected chi connectivity index (χ1v) is 8.31. The van der Waals surface area contributed by atoms with Crippen molar-refractivity contribution in [3.8, 4) is 5.75 Å². The molecule has 0 radical (unpaired) electrons. The van der Waals surface area contributed by atoms with E-state index >= 15 is 0 Å². The summed E-state index contributed by atoms with van der Waals surface area (Å²) in [6, 6.07) is 5.63. The van der Waals surface area contributed by atoms with Gasteiger partial charge in [0, 0.05) is 38.3 Å². The summed E-state index contributed by atoms with van der Waals surface area (Å²) in [6.07, 6.45) is 9.77. The summed E-state index contributed by atoms with van der Waals surface area (Å²) in [6.45, 7) is 1.47. The summed E-state index contributed by atoms with van der Waals surface area (Å²) in [5, 5.41) is 0. The minimum absolute atomic E-state index is 0.0227. The van der Waals surface area contributed by atoms with Crippen LogP contribution in [0.3, 0.4) is 0 Å². The molecule has 1 aliphatic rings. The molecule has 1 aliphatic carbocycles. The third-order valence-electron chi connectivity index (χ3n) is 4.75. The minimum Gasteiger partial charge on any atom is -0.497 e. The summed E-state index contributed by atoms with van der Waals surface area (Å²) in [5.41, 5.74) is 0.955. The van der Waals surface area contributed by atoms with Crippen LogP contribution in [0.1, 0.15) is 31.4 Å². The molecule has 1 fully saturated rings.